The maximum absolute atomic E-state index is 14.3. The lowest BCUT2D eigenvalue weighted by Gasteiger charge is -2.32. The first-order valence-electron chi connectivity index (χ1n) is 8.46. The molecule has 1 amide bonds. The molecule has 2 rings (SSSR count). The maximum Gasteiger partial charge on any atom is 0.411 e. The van der Waals surface area contributed by atoms with E-state index in [0.717, 1.165) is 18.2 Å². The SMILES string of the molecule is COC(=O)/C=C/[C@H]1CC[C@@H](c2ccc(F)c(F)c2F)N1C(=O)OC(C)(C)C. The van der Waals surface area contributed by atoms with Crippen LogP contribution in [0, 0.1) is 17.5 Å². The predicted octanol–water partition coefficient (Wildman–Crippen LogP) is 4.27. The molecule has 0 saturated carbocycles. The molecule has 1 heterocycles. The summed E-state index contributed by atoms with van der Waals surface area (Å²) in [4.78, 5) is 25.3. The van der Waals surface area contributed by atoms with Crippen molar-refractivity contribution in [1.82, 2.24) is 4.90 Å². The van der Waals surface area contributed by atoms with Crippen molar-refractivity contribution < 1.29 is 32.2 Å². The van der Waals surface area contributed by atoms with Gasteiger partial charge in [-0.2, -0.15) is 0 Å². The molecular formula is C19H22F3NO4. The number of halogens is 3. The number of carbonyl (C=O) groups excluding carboxylic acids is 2. The normalized spacial score (nSPS) is 20.2. The van der Waals surface area contributed by atoms with Crippen molar-refractivity contribution in [3.63, 3.8) is 0 Å². The van der Waals surface area contributed by atoms with Gasteiger partial charge in [0, 0.05) is 11.6 Å². The van der Waals surface area contributed by atoms with Gasteiger partial charge in [-0.3, -0.25) is 4.90 Å². The van der Waals surface area contributed by atoms with Gasteiger partial charge >= 0.3 is 12.1 Å². The van der Waals surface area contributed by atoms with Gasteiger partial charge in [-0.15, -0.1) is 0 Å². The molecule has 2 atom stereocenters. The summed E-state index contributed by atoms with van der Waals surface area (Å²) in [6, 6.07) is 0.486. The third-order valence-electron chi connectivity index (χ3n) is 4.11. The summed E-state index contributed by atoms with van der Waals surface area (Å²) in [7, 11) is 1.21. The van der Waals surface area contributed by atoms with Crippen LogP contribution in [0.25, 0.3) is 0 Å². The number of hydrogen-bond donors (Lipinski definition) is 0. The number of methoxy groups -OCH3 is 1. The van der Waals surface area contributed by atoms with Crippen molar-refractivity contribution in [2.45, 2.75) is 51.3 Å². The average Bonchev–Trinajstić information content (AvgIpc) is 3.00. The van der Waals surface area contributed by atoms with Gasteiger partial charge in [0.1, 0.15) is 5.60 Å². The number of rotatable bonds is 3. The zero-order valence-corrected chi connectivity index (χ0v) is 15.6. The highest BCUT2D eigenvalue weighted by Crippen LogP contribution is 2.39. The van der Waals surface area contributed by atoms with Crippen molar-refractivity contribution in [2.75, 3.05) is 7.11 Å². The molecule has 1 aliphatic rings. The highest BCUT2D eigenvalue weighted by molar-refractivity contribution is 5.82. The summed E-state index contributed by atoms with van der Waals surface area (Å²) in [5.41, 5.74) is -0.957. The van der Waals surface area contributed by atoms with E-state index in [9.17, 15) is 22.8 Å². The fourth-order valence-electron chi connectivity index (χ4n) is 2.97. The third kappa shape index (κ3) is 4.81. The molecule has 8 heteroatoms. The molecular weight excluding hydrogens is 363 g/mol. The van der Waals surface area contributed by atoms with Crippen LogP contribution >= 0.6 is 0 Å². The Hall–Kier alpha value is -2.51. The van der Waals surface area contributed by atoms with E-state index in [0.29, 0.717) is 6.42 Å². The summed E-state index contributed by atoms with van der Waals surface area (Å²) in [5.74, 6) is -4.85. The summed E-state index contributed by atoms with van der Waals surface area (Å²) < 4.78 is 51.2. The number of benzene rings is 1. The van der Waals surface area contributed by atoms with Crippen molar-refractivity contribution in [3.8, 4) is 0 Å². The van der Waals surface area contributed by atoms with Crippen molar-refractivity contribution in [2.24, 2.45) is 0 Å². The van der Waals surface area contributed by atoms with Gasteiger partial charge in [-0.25, -0.2) is 22.8 Å². The van der Waals surface area contributed by atoms with Crippen LogP contribution in [0.3, 0.4) is 0 Å². The quantitative estimate of drug-likeness (QED) is 0.443. The van der Waals surface area contributed by atoms with E-state index in [4.69, 9.17) is 4.74 Å². The van der Waals surface area contributed by atoms with Crippen molar-refractivity contribution in [1.29, 1.82) is 0 Å². The first-order valence-corrected chi connectivity index (χ1v) is 8.46. The number of likely N-dealkylation sites (tertiary alicyclic amines) is 1. The molecule has 0 spiro atoms. The molecule has 148 valence electrons. The molecule has 5 nitrogen and oxygen atoms in total. The number of amides is 1. The minimum Gasteiger partial charge on any atom is -0.466 e. The van der Waals surface area contributed by atoms with E-state index in [2.05, 4.69) is 4.74 Å². The third-order valence-corrected chi connectivity index (χ3v) is 4.11. The van der Waals surface area contributed by atoms with Gasteiger partial charge < -0.3 is 9.47 Å². The fourth-order valence-corrected chi connectivity index (χ4v) is 2.97. The smallest absolute Gasteiger partial charge is 0.411 e. The standard InChI is InChI=1S/C19H22F3NO4/c1-19(2,3)27-18(25)23-11(6-10-15(24)26-4)5-9-14(23)12-7-8-13(20)17(22)16(12)21/h6-8,10-11,14H,5,9H2,1-4H3/b10-6+/t11-,14+/m1/s1. The molecule has 1 aromatic rings. The Morgan fingerprint density at radius 3 is 2.41 bits per heavy atom. The van der Waals surface area contributed by atoms with E-state index in [1.54, 1.807) is 20.8 Å². The molecule has 1 aromatic carbocycles. The van der Waals surface area contributed by atoms with Crippen LogP contribution in [-0.2, 0) is 14.3 Å². The second-order valence-corrected chi connectivity index (χ2v) is 7.19. The summed E-state index contributed by atoms with van der Waals surface area (Å²) in [6.07, 6.45) is 2.54. The fraction of sp³-hybridized carbons (Fsp3) is 0.474. The molecule has 0 unspecified atom stereocenters. The first kappa shape index (κ1) is 20.8. The van der Waals surface area contributed by atoms with E-state index < -0.39 is 47.2 Å². The van der Waals surface area contributed by atoms with Gasteiger partial charge in [0.15, 0.2) is 17.5 Å². The maximum atomic E-state index is 14.3. The van der Waals surface area contributed by atoms with E-state index in [-0.39, 0.29) is 12.0 Å². The molecule has 1 fully saturated rings. The lowest BCUT2D eigenvalue weighted by Crippen LogP contribution is -2.40. The molecule has 0 bridgehead atoms. The van der Waals surface area contributed by atoms with E-state index in [1.807, 2.05) is 0 Å². The zero-order chi connectivity index (χ0) is 20.4. The zero-order valence-electron chi connectivity index (χ0n) is 15.6. The number of ether oxygens (including phenoxy) is 2. The molecule has 0 radical (unpaired) electrons. The van der Waals surface area contributed by atoms with E-state index >= 15 is 0 Å². The van der Waals surface area contributed by atoms with Crippen LogP contribution in [0.15, 0.2) is 24.3 Å². The number of nitrogens with zero attached hydrogens (tertiary/aromatic N) is 1. The summed E-state index contributed by atoms with van der Waals surface area (Å²) >= 11 is 0. The van der Waals surface area contributed by atoms with Gasteiger partial charge in [0.25, 0.3) is 0 Å². The summed E-state index contributed by atoms with van der Waals surface area (Å²) in [5, 5.41) is 0. The second-order valence-electron chi connectivity index (χ2n) is 7.19. The Balaban J connectivity index is 2.41. The molecule has 1 saturated heterocycles. The number of carbonyl (C=O) groups is 2. The number of esters is 1. The highest BCUT2D eigenvalue weighted by Gasteiger charge is 2.40. The van der Waals surface area contributed by atoms with Gasteiger partial charge in [0.2, 0.25) is 0 Å². The molecule has 1 aliphatic heterocycles. The van der Waals surface area contributed by atoms with Crippen LogP contribution in [0.5, 0.6) is 0 Å². The lowest BCUT2D eigenvalue weighted by molar-refractivity contribution is -0.134. The second kappa shape index (κ2) is 8.02. The van der Waals surface area contributed by atoms with Crippen molar-refractivity contribution >= 4 is 12.1 Å². The molecule has 27 heavy (non-hydrogen) atoms. The highest BCUT2D eigenvalue weighted by atomic mass is 19.2. The van der Waals surface area contributed by atoms with Crippen LogP contribution in [-0.4, -0.2) is 35.7 Å². The largest absolute Gasteiger partial charge is 0.466 e. The van der Waals surface area contributed by atoms with Crippen LogP contribution in [0.1, 0.15) is 45.2 Å². The van der Waals surface area contributed by atoms with Crippen molar-refractivity contribution in [3.05, 3.63) is 47.3 Å². The van der Waals surface area contributed by atoms with Crippen LogP contribution < -0.4 is 0 Å². The first-order chi connectivity index (χ1) is 12.5. The lowest BCUT2D eigenvalue weighted by atomic mass is 10.0. The molecule has 0 N–H and O–H groups in total. The Morgan fingerprint density at radius 2 is 1.81 bits per heavy atom. The minimum atomic E-state index is -1.59. The Kier molecular flexibility index (Phi) is 6.18. The average molecular weight is 385 g/mol. The Labute approximate surface area is 155 Å². The van der Waals surface area contributed by atoms with Crippen LogP contribution in [0.2, 0.25) is 0 Å². The topological polar surface area (TPSA) is 55.8 Å². The molecule has 0 aromatic heterocycles. The predicted molar refractivity (Wildman–Crippen MR) is 91.3 cm³/mol. The molecule has 0 aliphatic carbocycles. The van der Waals surface area contributed by atoms with Gasteiger partial charge in [0.05, 0.1) is 19.2 Å². The van der Waals surface area contributed by atoms with Gasteiger partial charge in [-0.1, -0.05) is 12.1 Å². The monoisotopic (exact) mass is 385 g/mol. The van der Waals surface area contributed by atoms with Gasteiger partial charge in [-0.05, 0) is 39.7 Å². The number of hydrogen-bond acceptors (Lipinski definition) is 4. The van der Waals surface area contributed by atoms with Crippen LogP contribution in [0.4, 0.5) is 18.0 Å². The Bertz CT molecular complexity index is 758. The van der Waals surface area contributed by atoms with E-state index in [1.165, 1.54) is 18.1 Å². The summed E-state index contributed by atoms with van der Waals surface area (Å²) in [6.45, 7) is 5.02. The Morgan fingerprint density at radius 1 is 1.15 bits per heavy atom. The minimum absolute atomic E-state index is 0.145.